The van der Waals surface area contributed by atoms with E-state index in [4.69, 9.17) is 13.8 Å². The topological polar surface area (TPSA) is 111 Å². The summed E-state index contributed by atoms with van der Waals surface area (Å²) >= 11 is 0. The van der Waals surface area contributed by atoms with Crippen LogP contribution in [0.4, 0.5) is 0 Å². The summed E-state index contributed by atoms with van der Waals surface area (Å²) in [6, 6.07) is -0.856. The average Bonchev–Trinajstić information content (AvgIpc) is 3.44. The lowest BCUT2D eigenvalue weighted by Crippen LogP contribution is -2.47. The van der Waals surface area contributed by atoms with Crippen molar-refractivity contribution in [3.63, 3.8) is 0 Å². The maximum Gasteiger partial charge on any atom is 0.472 e. The lowest BCUT2D eigenvalue weighted by Gasteiger charge is -2.27. The van der Waals surface area contributed by atoms with E-state index < -0.39 is 20.0 Å². The molecule has 0 heterocycles. The highest BCUT2D eigenvalue weighted by molar-refractivity contribution is 7.47. The molecule has 0 radical (unpaired) electrons. The third-order valence-electron chi connectivity index (χ3n) is 15.1. The van der Waals surface area contributed by atoms with Crippen LogP contribution in [-0.4, -0.2) is 74.3 Å². The van der Waals surface area contributed by atoms with Gasteiger partial charge in [0.15, 0.2) is 0 Å². The number of quaternary nitrogens is 1. The van der Waals surface area contributed by atoms with Crippen LogP contribution in [0.1, 0.15) is 310 Å². The van der Waals surface area contributed by atoms with E-state index in [1.807, 2.05) is 33.3 Å². The minimum absolute atomic E-state index is 0.0366. The van der Waals surface area contributed by atoms with Crippen molar-refractivity contribution in [2.45, 2.75) is 322 Å². The maximum atomic E-state index is 13.6. The fourth-order valence-electron chi connectivity index (χ4n) is 9.79. The molecule has 0 aromatic rings. The van der Waals surface area contributed by atoms with Crippen LogP contribution in [0.25, 0.3) is 0 Å². The van der Waals surface area contributed by atoms with Crippen molar-refractivity contribution in [2.24, 2.45) is 0 Å². The number of carbonyl (C=O) groups is 2. The summed E-state index contributed by atoms with van der Waals surface area (Å²) < 4.78 is 30.8. The van der Waals surface area contributed by atoms with Gasteiger partial charge < -0.3 is 19.4 Å². The third kappa shape index (κ3) is 61.7. The number of hydrogen-bond donors (Lipinski definition) is 2. The lowest BCUT2D eigenvalue weighted by atomic mass is 10.0. The van der Waals surface area contributed by atoms with Crippen molar-refractivity contribution in [2.75, 3.05) is 40.9 Å². The molecule has 0 rings (SSSR count). The average molecular weight is 1170 g/mol. The molecule has 3 atom stereocenters. The van der Waals surface area contributed by atoms with Crippen molar-refractivity contribution in [3.05, 3.63) is 85.1 Å². The Balaban J connectivity index is 5.12. The van der Waals surface area contributed by atoms with Gasteiger partial charge in [0, 0.05) is 12.8 Å². The monoisotopic (exact) mass is 1170 g/mol. The molecule has 476 valence electrons. The number of hydrogen-bond acceptors (Lipinski definition) is 6. The standard InChI is InChI=1S/C72H131N2O7P/c1-7-10-13-16-19-22-25-28-30-32-34-35-36-37-38-39-41-43-45-47-50-53-56-59-62-65-72(76)81-70(63-60-57-54-51-48-27-24-21-18-15-12-9-3)69(68-80-82(77,78)79-67-66-74(4,5)6)73-71(75)64-61-58-55-52-49-46-44-42-40-33-31-29-26-23-20-17-14-11-8-2/h10,13,19,22,28-31,34-35,37-38,60,63,69-70H,7-9,11-12,14-18,20-21,23-27,32-33,36,39-59,61-62,64-68H2,1-6H3,(H-,73,75,77,78)/p+1/b13-10-,22-19-,30-28-,31-29+,35-34-,38-37-,63-60-. The molecule has 0 aliphatic carbocycles. The van der Waals surface area contributed by atoms with Gasteiger partial charge in [-0.25, -0.2) is 4.57 Å². The van der Waals surface area contributed by atoms with Gasteiger partial charge in [0.1, 0.15) is 19.3 Å². The predicted molar refractivity (Wildman–Crippen MR) is 355 cm³/mol. The summed E-state index contributed by atoms with van der Waals surface area (Å²) in [5.41, 5.74) is 0. The van der Waals surface area contributed by atoms with Crippen LogP contribution in [0, 0.1) is 0 Å². The zero-order valence-electron chi connectivity index (χ0n) is 54.5. The molecular formula is C72H132N2O7P+. The SMILES string of the molecule is CC/C=C\C/C=C\C/C=C\C/C=C\C/C=C\CCCCCCCCCCCC(=O)OC(/C=C\CCCCCCCCCCCC)C(COP(=O)(O)OCC[N+](C)(C)C)NC(=O)CCCCCCCCCCC/C=C/CCCCCCCC. The number of rotatable bonds is 62. The molecule has 0 saturated heterocycles. The maximum absolute atomic E-state index is 13.6. The predicted octanol–water partition coefficient (Wildman–Crippen LogP) is 21.7. The molecule has 0 fully saturated rings. The number of amides is 1. The first-order valence-electron chi connectivity index (χ1n) is 34.4. The molecule has 3 unspecified atom stereocenters. The Labute approximate surface area is 507 Å². The Morgan fingerprint density at radius 1 is 0.439 bits per heavy atom. The second-order valence-corrected chi connectivity index (χ2v) is 25.8. The second kappa shape index (κ2) is 61.3. The molecule has 9 nitrogen and oxygen atoms in total. The zero-order valence-corrected chi connectivity index (χ0v) is 55.4. The third-order valence-corrected chi connectivity index (χ3v) is 16.1. The van der Waals surface area contributed by atoms with Crippen molar-refractivity contribution >= 4 is 19.7 Å². The fraction of sp³-hybridized carbons (Fsp3) is 0.778. The smallest absolute Gasteiger partial charge is 0.456 e. The van der Waals surface area contributed by atoms with Gasteiger partial charge in [-0.2, -0.15) is 0 Å². The summed E-state index contributed by atoms with van der Waals surface area (Å²) in [6.07, 6.45) is 81.5. The number of unbranched alkanes of at least 4 members (excludes halogenated alkanes) is 34. The summed E-state index contributed by atoms with van der Waals surface area (Å²) in [7, 11) is 1.49. The molecule has 82 heavy (non-hydrogen) atoms. The Hall–Kier alpha value is -2.81. The molecule has 10 heteroatoms. The number of esters is 1. The minimum Gasteiger partial charge on any atom is -0.456 e. The van der Waals surface area contributed by atoms with E-state index in [2.05, 4.69) is 99.0 Å². The van der Waals surface area contributed by atoms with Crippen LogP contribution < -0.4 is 5.32 Å². The number of likely N-dealkylation sites (N-methyl/N-ethyl adjacent to an activating group) is 1. The largest absolute Gasteiger partial charge is 0.472 e. The molecule has 0 aromatic carbocycles. The highest BCUT2D eigenvalue weighted by Gasteiger charge is 2.30. The quantitative estimate of drug-likeness (QED) is 0.0205. The molecule has 0 spiro atoms. The van der Waals surface area contributed by atoms with Crippen molar-refractivity contribution in [1.82, 2.24) is 5.32 Å². The van der Waals surface area contributed by atoms with E-state index in [-0.39, 0.29) is 31.5 Å². The molecule has 0 aliphatic rings. The van der Waals surface area contributed by atoms with Gasteiger partial charge in [0.25, 0.3) is 0 Å². The van der Waals surface area contributed by atoms with Crippen molar-refractivity contribution < 1.29 is 37.3 Å². The number of carbonyl (C=O) groups excluding carboxylic acids is 2. The molecule has 2 N–H and O–H groups in total. The van der Waals surface area contributed by atoms with Crippen LogP contribution in [0.15, 0.2) is 85.1 Å². The van der Waals surface area contributed by atoms with Gasteiger partial charge >= 0.3 is 13.8 Å². The first kappa shape index (κ1) is 79.2. The highest BCUT2D eigenvalue weighted by atomic mass is 31.2. The number of nitrogens with zero attached hydrogens (tertiary/aromatic N) is 1. The molecule has 0 aromatic heterocycles. The number of allylic oxidation sites excluding steroid dienone is 13. The Morgan fingerprint density at radius 2 is 0.780 bits per heavy atom. The first-order valence-corrected chi connectivity index (χ1v) is 35.9. The number of ether oxygens (including phenoxy) is 1. The zero-order chi connectivity index (χ0) is 60.0. The van der Waals surface area contributed by atoms with Gasteiger partial charge in [-0.15, -0.1) is 0 Å². The number of nitrogens with one attached hydrogen (secondary N) is 1. The van der Waals surface area contributed by atoms with Gasteiger partial charge in [-0.1, -0.05) is 280 Å². The van der Waals surface area contributed by atoms with Gasteiger partial charge in [-0.3, -0.25) is 18.6 Å². The Morgan fingerprint density at radius 3 is 1.18 bits per heavy atom. The normalized spacial score (nSPS) is 14.1. The van der Waals surface area contributed by atoms with E-state index in [0.717, 1.165) is 103 Å². The van der Waals surface area contributed by atoms with Gasteiger partial charge in [-0.05, 0) is 102 Å². The first-order chi connectivity index (χ1) is 39.9. The molecule has 0 saturated carbocycles. The summed E-state index contributed by atoms with van der Waals surface area (Å²) in [4.78, 5) is 37.9. The van der Waals surface area contributed by atoms with E-state index in [1.54, 1.807) is 0 Å². The molecule has 0 bridgehead atoms. The number of phosphoric acid groups is 1. The van der Waals surface area contributed by atoms with Crippen LogP contribution >= 0.6 is 7.82 Å². The molecule has 1 amide bonds. The van der Waals surface area contributed by atoms with Crippen molar-refractivity contribution in [1.29, 1.82) is 0 Å². The van der Waals surface area contributed by atoms with Crippen molar-refractivity contribution in [3.8, 4) is 0 Å². The Bertz CT molecular complexity index is 1680. The van der Waals surface area contributed by atoms with Crippen LogP contribution in [-0.2, 0) is 27.9 Å². The van der Waals surface area contributed by atoms with E-state index in [9.17, 15) is 19.0 Å². The minimum atomic E-state index is -4.46. The molecule has 0 aliphatic heterocycles. The van der Waals surface area contributed by atoms with Crippen LogP contribution in [0.3, 0.4) is 0 Å². The van der Waals surface area contributed by atoms with Gasteiger partial charge in [0.05, 0.1) is 33.8 Å². The highest BCUT2D eigenvalue weighted by Crippen LogP contribution is 2.43. The lowest BCUT2D eigenvalue weighted by molar-refractivity contribution is -0.870. The molecular weight excluding hydrogens is 1040 g/mol. The summed E-state index contributed by atoms with van der Waals surface area (Å²) in [5.74, 6) is -0.509. The Kier molecular flexibility index (Phi) is 59.2. The number of phosphoric ester groups is 1. The van der Waals surface area contributed by atoms with E-state index >= 15 is 0 Å². The van der Waals surface area contributed by atoms with Crippen LogP contribution in [0.5, 0.6) is 0 Å². The van der Waals surface area contributed by atoms with E-state index in [1.165, 1.54) is 173 Å². The van der Waals surface area contributed by atoms with Gasteiger partial charge in [0.2, 0.25) is 5.91 Å². The van der Waals surface area contributed by atoms with E-state index in [0.29, 0.717) is 17.4 Å². The summed E-state index contributed by atoms with van der Waals surface area (Å²) in [6.45, 7) is 6.91. The summed E-state index contributed by atoms with van der Waals surface area (Å²) in [5, 5.41) is 3.07. The second-order valence-electron chi connectivity index (χ2n) is 24.3. The fourth-order valence-corrected chi connectivity index (χ4v) is 10.5. The van der Waals surface area contributed by atoms with Crippen LogP contribution in [0.2, 0.25) is 0 Å².